The summed E-state index contributed by atoms with van der Waals surface area (Å²) in [6.07, 6.45) is 3.05. The number of halogens is 1. The van der Waals surface area contributed by atoms with Gasteiger partial charge in [0.15, 0.2) is 5.52 Å². The molecule has 2 atom stereocenters. The van der Waals surface area contributed by atoms with Crippen molar-refractivity contribution < 1.29 is 9.18 Å². The number of anilines is 2. The van der Waals surface area contributed by atoms with Gasteiger partial charge in [0.2, 0.25) is 5.65 Å². The number of carbonyl (C=O) groups is 1. The summed E-state index contributed by atoms with van der Waals surface area (Å²) in [7, 11) is 0. The van der Waals surface area contributed by atoms with Crippen LogP contribution in [0.4, 0.5) is 16.0 Å². The molecule has 0 aliphatic carbocycles. The molecule has 0 saturated heterocycles. The highest BCUT2D eigenvalue weighted by atomic mass is 19.1. The summed E-state index contributed by atoms with van der Waals surface area (Å²) >= 11 is 0. The van der Waals surface area contributed by atoms with E-state index in [0.717, 1.165) is 16.7 Å². The maximum Gasteiger partial charge on any atom is 0.255 e. The molecule has 0 aliphatic rings. The molecule has 10 nitrogen and oxygen atoms in total. The van der Waals surface area contributed by atoms with Gasteiger partial charge in [-0.05, 0) is 43.2 Å². The fourth-order valence-corrected chi connectivity index (χ4v) is 4.10. The van der Waals surface area contributed by atoms with Crippen LogP contribution < -0.4 is 16.4 Å². The molecule has 11 heteroatoms. The molecule has 2 unspecified atom stereocenters. The first-order valence-electron chi connectivity index (χ1n) is 12.1. The van der Waals surface area contributed by atoms with E-state index in [4.69, 9.17) is 5.73 Å². The Hall–Kier alpha value is -5.37. The highest BCUT2D eigenvalue weighted by Crippen LogP contribution is 2.26. The van der Waals surface area contributed by atoms with E-state index in [2.05, 4.69) is 35.8 Å². The lowest BCUT2D eigenvalue weighted by atomic mass is 10.0. The lowest BCUT2D eigenvalue weighted by Gasteiger charge is -2.19. The number of H-pyrrole nitrogens is 1. The number of benzene rings is 2. The molecule has 194 valence electrons. The van der Waals surface area contributed by atoms with E-state index in [1.54, 1.807) is 25.3 Å². The number of rotatable bonds is 7. The topological polar surface area (TPSA) is 158 Å². The molecule has 39 heavy (non-hydrogen) atoms. The number of hydrogen-bond acceptors (Lipinski definition) is 8. The normalized spacial score (nSPS) is 12.5. The minimum Gasteiger partial charge on any atom is -0.382 e. The van der Waals surface area contributed by atoms with E-state index >= 15 is 0 Å². The summed E-state index contributed by atoms with van der Waals surface area (Å²) < 4.78 is 13.3. The summed E-state index contributed by atoms with van der Waals surface area (Å²) in [4.78, 5) is 26.4. The van der Waals surface area contributed by atoms with Gasteiger partial charge in [-0.1, -0.05) is 36.4 Å². The van der Waals surface area contributed by atoms with Gasteiger partial charge >= 0.3 is 0 Å². The molecule has 2 aromatic carbocycles. The molecule has 0 spiro atoms. The first-order valence-corrected chi connectivity index (χ1v) is 12.1. The molecular weight excluding hydrogens is 497 g/mol. The van der Waals surface area contributed by atoms with Crippen molar-refractivity contribution >= 4 is 28.7 Å². The number of pyridine rings is 1. The Bertz CT molecular complexity index is 1690. The van der Waals surface area contributed by atoms with E-state index in [9.17, 15) is 14.4 Å². The second kappa shape index (κ2) is 10.5. The molecule has 1 amide bonds. The Morgan fingerprint density at radius 2 is 1.72 bits per heavy atom. The van der Waals surface area contributed by atoms with E-state index in [-0.39, 0.29) is 29.0 Å². The van der Waals surface area contributed by atoms with Gasteiger partial charge in [-0.25, -0.2) is 19.3 Å². The average Bonchev–Trinajstić information content (AvgIpc) is 3.33. The standard InChI is InChI=1S/C28H24FN9O/c1-15(18-3-5-20(6-4-18)23-14-33-27-24(36-23)25(31)37-38-27)34-26-22(11-17(12-30)13-32-26)28(39)35-16(2)19-7-9-21(29)10-8-19/h3-11,13-16H,1-2H3,(H,32,34)(H,35,39)(H3,31,33,37,38). The minimum atomic E-state index is -0.408. The third kappa shape index (κ3) is 5.35. The van der Waals surface area contributed by atoms with Gasteiger partial charge < -0.3 is 16.4 Å². The van der Waals surface area contributed by atoms with E-state index in [1.807, 2.05) is 37.3 Å². The molecule has 5 N–H and O–H groups in total. The SMILES string of the molecule is CC(NC(=O)c1cc(C#N)cnc1NC(C)c1ccc(-c2cnc3n[nH]c(N)c3n2)cc1)c1ccc(F)cc1. The second-order valence-corrected chi connectivity index (χ2v) is 9.03. The maximum absolute atomic E-state index is 13.3. The zero-order valence-corrected chi connectivity index (χ0v) is 21.1. The van der Waals surface area contributed by atoms with Gasteiger partial charge in [0.05, 0.1) is 29.1 Å². The highest BCUT2D eigenvalue weighted by molar-refractivity contribution is 5.99. The van der Waals surface area contributed by atoms with Crippen molar-refractivity contribution in [3.8, 4) is 17.3 Å². The number of hydrogen-bond donors (Lipinski definition) is 4. The van der Waals surface area contributed by atoms with Crippen LogP contribution in [0.1, 0.15) is 53.0 Å². The van der Waals surface area contributed by atoms with E-state index < -0.39 is 5.91 Å². The summed E-state index contributed by atoms with van der Waals surface area (Å²) in [5, 5.41) is 22.2. The lowest BCUT2D eigenvalue weighted by molar-refractivity contribution is 0.0940. The molecule has 3 heterocycles. The van der Waals surface area contributed by atoms with Crippen LogP contribution in [0.15, 0.2) is 67.0 Å². The van der Waals surface area contributed by atoms with E-state index in [0.29, 0.717) is 28.5 Å². The second-order valence-electron chi connectivity index (χ2n) is 9.03. The number of nitrogens with two attached hydrogens (primary N) is 1. The average molecular weight is 522 g/mol. The number of nitrogen functional groups attached to an aromatic ring is 1. The monoisotopic (exact) mass is 521 g/mol. The minimum absolute atomic E-state index is 0.223. The predicted molar refractivity (Wildman–Crippen MR) is 145 cm³/mol. The molecule has 5 rings (SSSR count). The van der Waals surface area contributed by atoms with Crippen LogP contribution in [-0.2, 0) is 0 Å². The van der Waals surface area contributed by atoms with E-state index in [1.165, 1.54) is 24.4 Å². The number of amides is 1. The molecule has 0 aliphatic heterocycles. The lowest BCUT2D eigenvalue weighted by Crippen LogP contribution is -2.28. The fourth-order valence-electron chi connectivity index (χ4n) is 4.10. The van der Waals surface area contributed by atoms with Crippen molar-refractivity contribution in [1.29, 1.82) is 5.26 Å². The molecule has 3 aromatic heterocycles. The Morgan fingerprint density at radius 3 is 2.44 bits per heavy atom. The predicted octanol–water partition coefficient (Wildman–Crippen LogP) is 4.67. The molecule has 0 bridgehead atoms. The quantitative estimate of drug-likeness (QED) is 0.240. The molecular formula is C28H24FN9O. The third-order valence-corrected chi connectivity index (χ3v) is 6.33. The van der Waals surface area contributed by atoms with Crippen LogP contribution in [0.5, 0.6) is 0 Å². The zero-order chi connectivity index (χ0) is 27.5. The largest absolute Gasteiger partial charge is 0.382 e. The highest BCUT2D eigenvalue weighted by Gasteiger charge is 2.19. The first-order chi connectivity index (χ1) is 18.8. The summed E-state index contributed by atoms with van der Waals surface area (Å²) in [5.74, 6) is -0.0703. The summed E-state index contributed by atoms with van der Waals surface area (Å²) in [5.41, 5.74) is 10.5. The van der Waals surface area contributed by atoms with Gasteiger partial charge in [-0.15, -0.1) is 0 Å². The van der Waals surface area contributed by atoms with Gasteiger partial charge in [0, 0.05) is 17.8 Å². The number of fused-ring (bicyclic) bond motifs is 1. The number of nitrogens with zero attached hydrogens (tertiary/aromatic N) is 5. The fraction of sp³-hybridized carbons (Fsp3) is 0.143. The molecule has 0 radical (unpaired) electrons. The maximum atomic E-state index is 13.3. The van der Waals surface area contributed by atoms with Crippen LogP contribution in [0, 0.1) is 17.1 Å². The van der Waals surface area contributed by atoms with Gasteiger partial charge in [-0.2, -0.15) is 10.4 Å². The Labute approximate surface area is 223 Å². The first kappa shape index (κ1) is 25.3. The van der Waals surface area contributed by atoms with Crippen LogP contribution in [0.3, 0.4) is 0 Å². The van der Waals surface area contributed by atoms with Crippen molar-refractivity contribution in [1.82, 2.24) is 30.5 Å². The van der Waals surface area contributed by atoms with Crippen molar-refractivity contribution in [2.24, 2.45) is 0 Å². The molecule has 0 saturated carbocycles. The van der Waals surface area contributed by atoms with Gasteiger partial charge in [-0.3, -0.25) is 9.89 Å². The van der Waals surface area contributed by atoms with Gasteiger partial charge in [0.1, 0.15) is 23.5 Å². The Balaban J connectivity index is 1.34. The van der Waals surface area contributed by atoms with Crippen LogP contribution in [-0.4, -0.2) is 31.1 Å². The van der Waals surface area contributed by atoms with Crippen molar-refractivity contribution in [2.75, 3.05) is 11.1 Å². The van der Waals surface area contributed by atoms with Crippen LogP contribution in [0.2, 0.25) is 0 Å². The number of carbonyl (C=O) groups excluding carboxylic acids is 1. The Morgan fingerprint density at radius 1 is 1.03 bits per heavy atom. The smallest absolute Gasteiger partial charge is 0.255 e. The zero-order valence-electron chi connectivity index (χ0n) is 21.1. The number of aromatic nitrogens is 5. The van der Waals surface area contributed by atoms with Crippen LogP contribution in [0.25, 0.3) is 22.4 Å². The summed E-state index contributed by atoms with van der Waals surface area (Å²) in [6, 6.07) is 16.5. The number of nitriles is 1. The van der Waals surface area contributed by atoms with Crippen molar-refractivity contribution in [2.45, 2.75) is 25.9 Å². The van der Waals surface area contributed by atoms with Gasteiger partial charge in [0.25, 0.3) is 5.91 Å². The van der Waals surface area contributed by atoms with Crippen molar-refractivity contribution in [3.63, 3.8) is 0 Å². The number of aromatic amines is 1. The third-order valence-electron chi connectivity index (χ3n) is 6.33. The molecule has 5 aromatic rings. The number of nitrogens with one attached hydrogen (secondary N) is 3. The summed E-state index contributed by atoms with van der Waals surface area (Å²) in [6.45, 7) is 3.74. The Kier molecular flexibility index (Phi) is 6.84. The molecule has 0 fully saturated rings. The van der Waals surface area contributed by atoms with Crippen molar-refractivity contribution in [3.05, 3.63) is 95.1 Å². The van der Waals surface area contributed by atoms with Crippen LogP contribution >= 0.6 is 0 Å².